The van der Waals surface area contributed by atoms with Crippen LogP contribution in [0.2, 0.25) is 0 Å². The number of Topliss-reactive ketones (excluding diaryl/α,β-unsaturated/α-hetero) is 1. The molecule has 0 bridgehead atoms. The Morgan fingerprint density at radius 2 is 1.78 bits per heavy atom. The Hall–Kier alpha value is -3.40. The summed E-state index contributed by atoms with van der Waals surface area (Å²) in [4.78, 5) is 32.8. The van der Waals surface area contributed by atoms with E-state index < -0.39 is 69.8 Å². The van der Waals surface area contributed by atoms with Gasteiger partial charge in [0.1, 0.15) is 25.1 Å². The van der Waals surface area contributed by atoms with Gasteiger partial charge < -0.3 is 14.9 Å². The van der Waals surface area contributed by atoms with Crippen molar-refractivity contribution in [1.29, 1.82) is 0 Å². The first-order valence-corrected chi connectivity index (χ1v) is 16.1. The van der Waals surface area contributed by atoms with E-state index in [1.54, 1.807) is 12.0 Å². The number of rotatable bonds is 6. The molecule has 0 amide bonds. The molecular formula is C37H41F2NO6. The lowest BCUT2D eigenvalue weighted by atomic mass is 9.39. The minimum atomic E-state index is -2.29. The summed E-state index contributed by atoms with van der Waals surface area (Å²) in [5.74, 6) is -1.60. The number of hydrogen-bond acceptors (Lipinski definition) is 7. The second-order valence-corrected chi connectivity index (χ2v) is 14.7. The van der Waals surface area contributed by atoms with Crippen LogP contribution in [0, 0.1) is 35.0 Å². The number of allylic oxidation sites excluding steroid dienone is 4. The molecular weight excluding hydrogens is 592 g/mol. The molecule has 1 saturated heterocycles. The molecule has 3 saturated carbocycles. The van der Waals surface area contributed by atoms with Crippen LogP contribution in [-0.4, -0.2) is 58.5 Å². The summed E-state index contributed by atoms with van der Waals surface area (Å²) in [6, 6.07) is 15.4. The van der Waals surface area contributed by atoms with Crippen LogP contribution in [0.4, 0.5) is 14.5 Å². The molecule has 2 N–H and O–H groups in total. The van der Waals surface area contributed by atoms with Crippen molar-refractivity contribution in [3.05, 3.63) is 83.5 Å². The van der Waals surface area contributed by atoms with Crippen LogP contribution in [0.3, 0.4) is 0 Å². The summed E-state index contributed by atoms with van der Waals surface area (Å²) in [5, 5.41) is 23.7. The third kappa shape index (κ3) is 3.91. The maximum absolute atomic E-state index is 17.8. The molecule has 0 spiro atoms. The van der Waals surface area contributed by atoms with Crippen molar-refractivity contribution in [2.24, 2.45) is 28.1 Å². The fraction of sp³-hybridized carbons (Fsp3) is 0.514. The van der Waals surface area contributed by atoms with Crippen molar-refractivity contribution in [3.8, 4) is 5.75 Å². The number of ether oxygens (including phenoxy) is 1. The minimum Gasteiger partial charge on any atom is -0.489 e. The molecule has 4 aliphatic carbocycles. The first-order chi connectivity index (χ1) is 21.7. The standard InChI is InChI=1S/C37H41F2NO6/c1-22-5-11-27(12-6-22)45-21-23-7-9-25(10-8-23)40-19-24-17-34(3)30-16-29(38)28-15-26(42)13-14-33(28,2)36(30,39)31(43)18-35(34,4)37(24,46-40)32(44)20-41/h5-15,24,29-31,41,43H,16-21H2,1-4H3/t24-,29-,30-,31-,33-,34-,35-,36-,37-/m0/s1. The van der Waals surface area contributed by atoms with E-state index in [-0.39, 0.29) is 18.4 Å². The van der Waals surface area contributed by atoms with E-state index in [9.17, 15) is 19.8 Å². The van der Waals surface area contributed by atoms with Crippen molar-refractivity contribution < 1.29 is 38.2 Å². The molecule has 2 aromatic rings. The Labute approximate surface area is 267 Å². The van der Waals surface area contributed by atoms with E-state index in [4.69, 9.17) is 9.57 Å². The van der Waals surface area contributed by atoms with Crippen LogP contribution in [0.25, 0.3) is 0 Å². The van der Waals surface area contributed by atoms with Crippen LogP contribution in [0.5, 0.6) is 5.75 Å². The Balaban J connectivity index is 1.20. The highest BCUT2D eigenvalue weighted by Crippen LogP contribution is 2.77. The van der Waals surface area contributed by atoms with Crippen molar-refractivity contribution in [3.63, 3.8) is 0 Å². The molecule has 0 radical (unpaired) electrons. The number of benzene rings is 2. The average molecular weight is 634 g/mol. The monoisotopic (exact) mass is 633 g/mol. The first kappa shape index (κ1) is 31.2. The molecule has 7 rings (SSSR count). The van der Waals surface area contributed by atoms with Gasteiger partial charge in [-0.25, -0.2) is 8.78 Å². The van der Waals surface area contributed by atoms with Crippen LogP contribution in [0.1, 0.15) is 51.2 Å². The summed E-state index contributed by atoms with van der Waals surface area (Å²) in [7, 11) is 0. The van der Waals surface area contributed by atoms with Crippen molar-refractivity contribution in [1.82, 2.24) is 0 Å². The number of ketones is 2. The molecule has 7 nitrogen and oxygen atoms in total. The van der Waals surface area contributed by atoms with Crippen LogP contribution in [0.15, 0.2) is 72.3 Å². The summed E-state index contributed by atoms with van der Waals surface area (Å²) >= 11 is 0. The minimum absolute atomic E-state index is 0.0551. The second-order valence-electron chi connectivity index (χ2n) is 14.7. The highest BCUT2D eigenvalue weighted by molar-refractivity contribution is 6.01. The zero-order chi connectivity index (χ0) is 32.9. The maximum atomic E-state index is 17.8. The normalized spacial score (nSPS) is 40.9. The van der Waals surface area contributed by atoms with E-state index in [2.05, 4.69) is 0 Å². The van der Waals surface area contributed by atoms with Crippen molar-refractivity contribution >= 4 is 17.3 Å². The Kier molecular flexibility index (Phi) is 6.99. The smallest absolute Gasteiger partial charge is 0.193 e. The summed E-state index contributed by atoms with van der Waals surface area (Å²) in [6.07, 6.45) is 0.642. The predicted octanol–water partition coefficient (Wildman–Crippen LogP) is 5.56. The predicted molar refractivity (Wildman–Crippen MR) is 167 cm³/mol. The number of alkyl halides is 2. The summed E-state index contributed by atoms with van der Waals surface area (Å²) in [5.41, 5.74) is -4.65. The molecule has 0 aromatic heterocycles. The van der Waals surface area contributed by atoms with E-state index in [1.165, 1.54) is 18.2 Å². The number of nitrogens with zero attached hydrogens (tertiary/aromatic N) is 1. The van der Waals surface area contributed by atoms with Gasteiger partial charge >= 0.3 is 0 Å². The quantitative estimate of drug-likeness (QED) is 0.430. The molecule has 9 heteroatoms. The number of anilines is 1. The van der Waals surface area contributed by atoms with Gasteiger partial charge in [-0.2, -0.15) is 0 Å². The molecule has 9 atom stereocenters. The van der Waals surface area contributed by atoms with Gasteiger partial charge in [-0.15, -0.1) is 0 Å². The van der Waals surface area contributed by atoms with Crippen LogP contribution >= 0.6 is 0 Å². The number of aliphatic hydroxyl groups excluding tert-OH is 2. The van der Waals surface area contributed by atoms with E-state index in [0.717, 1.165) is 16.9 Å². The van der Waals surface area contributed by atoms with Gasteiger partial charge in [0.2, 0.25) is 0 Å². The number of carbonyl (C=O) groups is 2. The molecule has 5 aliphatic rings. The fourth-order valence-electron chi connectivity index (χ4n) is 10.0. The van der Waals surface area contributed by atoms with Crippen LogP contribution in [-0.2, 0) is 21.0 Å². The molecule has 244 valence electrons. The van der Waals surface area contributed by atoms with Crippen LogP contribution < -0.4 is 9.80 Å². The first-order valence-electron chi connectivity index (χ1n) is 16.1. The SMILES string of the molecule is Cc1ccc(OCc2ccc(N3C[C@@H]4C[C@@]5(C)[C@@H]6C[C@H](F)C7=CC(=O)C=C[C@]7(C)[C@@]6(F)[C@@H](O)C[C@]5(C)[C@]4(C(=O)CO)O3)cc2)cc1. The van der Waals surface area contributed by atoms with Gasteiger partial charge in [-0.3, -0.25) is 19.5 Å². The Morgan fingerprint density at radius 3 is 2.46 bits per heavy atom. The summed E-state index contributed by atoms with van der Waals surface area (Å²) in [6.45, 7) is 7.19. The van der Waals surface area contributed by atoms with Crippen molar-refractivity contribution in [2.75, 3.05) is 18.2 Å². The number of hydroxylamine groups is 1. The molecule has 1 heterocycles. The molecule has 4 fully saturated rings. The van der Waals surface area contributed by atoms with E-state index >= 15 is 8.78 Å². The highest BCUT2D eigenvalue weighted by Gasteiger charge is 2.83. The lowest BCUT2D eigenvalue weighted by molar-refractivity contribution is -0.256. The molecule has 2 aromatic carbocycles. The second kappa shape index (κ2) is 10.3. The third-order valence-electron chi connectivity index (χ3n) is 12.6. The Morgan fingerprint density at radius 1 is 1.09 bits per heavy atom. The zero-order valence-electron chi connectivity index (χ0n) is 26.6. The van der Waals surface area contributed by atoms with Gasteiger partial charge in [0.15, 0.2) is 22.8 Å². The third-order valence-corrected chi connectivity index (χ3v) is 12.6. The number of aliphatic hydroxyl groups is 2. The van der Waals surface area contributed by atoms with Gasteiger partial charge in [-0.1, -0.05) is 49.8 Å². The van der Waals surface area contributed by atoms with E-state index in [1.807, 2.05) is 69.3 Å². The van der Waals surface area contributed by atoms with E-state index in [0.29, 0.717) is 25.3 Å². The lowest BCUT2D eigenvalue weighted by Gasteiger charge is -2.67. The number of carbonyl (C=O) groups excluding carboxylic acids is 2. The zero-order valence-corrected chi connectivity index (χ0v) is 26.6. The number of aryl methyl sites for hydroxylation is 1. The molecule has 0 unspecified atom stereocenters. The number of halogens is 2. The van der Waals surface area contributed by atoms with Gasteiger partial charge in [0, 0.05) is 22.7 Å². The van der Waals surface area contributed by atoms with Gasteiger partial charge in [-0.05, 0) is 86.1 Å². The Bertz CT molecular complexity index is 1640. The summed E-state index contributed by atoms with van der Waals surface area (Å²) < 4.78 is 39.7. The topological polar surface area (TPSA) is 96.3 Å². The maximum Gasteiger partial charge on any atom is 0.193 e. The number of hydrogen-bond donors (Lipinski definition) is 2. The molecule has 1 aliphatic heterocycles. The number of fused-ring (bicyclic) bond motifs is 7. The molecule has 46 heavy (non-hydrogen) atoms. The average Bonchev–Trinajstić information content (AvgIpc) is 3.50. The van der Waals surface area contributed by atoms with Gasteiger partial charge in [0.05, 0.1) is 18.3 Å². The largest absolute Gasteiger partial charge is 0.489 e. The fourth-order valence-corrected chi connectivity index (χ4v) is 10.0. The highest BCUT2D eigenvalue weighted by atomic mass is 19.1. The van der Waals surface area contributed by atoms with Crippen molar-refractivity contribution in [2.45, 2.75) is 77.1 Å². The van der Waals surface area contributed by atoms with Gasteiger partial charge in [0.25, 0.3) is 0 Å². The lowest BCUT2D eigenvalue weighted by Crippen LogP contribution is -2.73.